The molecule has 0 aliphatic carbocycles. The second-order valence-corrected chi connectivity index (χ2v) is 6.90. The van der Waals surface area contributed by atoms with Crippen LogP contribution in [0.4, 0.5) is 0 Å². The first-order chi connectivity index (χ1) is 12.6. The number of thiazole rings is 1. The predicted octanol–water partition coefficient (Wildman–Crippen LogP) is 2.62. The summed E-state index contributed by atoms with van der Waals surface area (Å²) in [5.41, 5.74) is 2.67. The summed E-state index contributed by atoms with van der Waals surface area (Å²) in [5.74, 6) is 0.713. The molecule has 0 aliphatic rings. The number of pyridine rings is 1. The molecule has 4 aromatic heterocycles. The largest absolute Gasteiger partial charge is 0.269 e. The minimum Gasteiger partial charge on any atom is -0.268 e. The maximum atomic E-state index is 12.6. The van der Waals surface area contributed by atoms with Crippen LogP contribution in [0.15, 0.2) is 34.7 Å². The van der Waals surface area contributed by atoms with Crippen molar-refractivity contribution >= 4 is 29.1 Å². The Balaban J connectivity index is 1.66. The van der Waals surface area contributed by atoms with Crippen molar-refractivity contribution in [1.82, 2.24) is 35.0 Å². The lowest BCUT2D eigenvalue weighted by Crippen LogP contribution is -2.17. The Morgan fingerprint density at radius 2 is 2.19 bits per heavy atom. The normalized spacial score (nSPS) is 11.8. The molecule has 26 heavy (non-hydrogen) atoms. The van der Waals surface area contributed by atoms with E-state index in [9.17, 15) is 4.79 Å². The molecule has 0 amide bonds. The summed E-state index contributed by atoms with van der Waals surface area (Å²) in [6, 6.07) is 3.70. The smallest absolute Gasteiger partial charge is 0.268 e. The fourth-order valence-electron chi connectivity index (χ4n) is 2.44. The van der Waals surface area contributed by atoms with Crippen molar-refractivity contribution in [1.29, 1.82) is 0 Å². The summed E-state index contributed by atoms with van der Waals surface area (Å²) in [6.07, 6.45) is 7.10. The number of tetrazole rings is 1. The van der Waals surface area contributed by atoms with Crippen molar-refractivity contribution in [3.05, 3.63) is 56.5 Å². The standard InChI is InChI=1S/C17H15N7OS/c1-10(2)13-9-26-15(19-13)4-3-11-5-6-24-14(7-11)18-8-12(17(24)25)16-20-22-23-21-16/h3-10H,1-2H3,(H,20,21,22,23). The first kappa shape index (κ1) is 16.3. The molecule has 0 fully saturated rings. The van der Waals surface area contributed by atoms with Gasteiger partial charge in [0, 0.05) is 17.8 Å². The van der Waals surface area contributed by atoms with E-state index >= 15 is 0 Å². The lowest BCUT2D eigenvalue weighted by Gasteiger charge is -2.03. The predicted molar refractivity (Wildman–Crippen MR) is 99.8 cm³/mol. The van der Waals surface area contributed by atoms with Crippen LogP contribution in [0.3, 0.4) is 0 Å². The molecular weight excluding hydrogens is 350 g/mol. The molecule has 0 unspecified atom stereocenters. The molecule has 1 N–H and O–H groups in total. The van der Waals surface area contributed by atoms with Crippen molar-refractivity contribution in [2.24, 2.45) is 0 Å². The van der Waals surface area contributed by atoms with Crippen molar-refractivity contribution in [2.75, 3.05) is 0 Å². The topological polar surface area (TPSA) is 102 Å². The molecule has 4 heterocycles. The molecular formula is C17H15N7OS. The van der Waals surface area contributed by atoms with E-state index < -0.39 is 0 Å². The summed E-state index contributed by atoms with van der Waals surface area (Å²) in [7, 11) is 0. The summed E-state index contributed by atoms with van der Waals surface area (Å²) in [5, 5.41) is 16.3. The number of H-pyrrole nitrogens is 1. The van der Waals surface area contributed by atoms with E-state index in [1.54, 1.807) is 17.5 Å². The van der Waals surface area contributed by atoms with Gasteiger partial charge in [-0.3, -0.25) is 9.20 Å². The number of fused-ring (bicyclic) bond motifs is 1. The van der Waals surface area contributed by atoms with Gasteiger partial charge in [0.15, 0.2) is 5.82 Å². The number of nitrogens with zero attached hydrogens (tertiary/aromatic N) is 6. The van der Waals surface area contributed by atoms with Crippen LogP contribution in [-0.4, -0.2) is 35.0 Å². The van der Waals surface area contributed by atoms with Crippen LogP contribution in [0.25, 0.3) is 29.2 Å². The average Bonchev–Trinajstić information content (AvgIpc) is 3.32. The van der Waals surface area contributed by atoms with Crippen LogP contribution >= 0.6 is 11.3 Å². The molecule has 0 spiro atoms. The Labute approximate surface area is 152 Å². The van der Waals surface area contributed by atoms with Gasteiger partial charge in [0.1, 0.15) is 16.2 Å². The third-order valence-electron chi connectivity index (χ3n) is 3.88. The minimum atomic E-state index is -0.231. The van der Waals surface area contributed by atoms with Gasteiger partial charge in [-0.15, -0.1) is 16.4 Å². The second-order valence-electron chi connectivity index (χ2n) is 6.01. The fraction of sp³-hybridized carbons (Fsp3) is 0.176. The first-order valence-electron chi connectivity index (χ1n) is 8.01. The van der Waals surface area contributed by atoms with Crippen LogP contribution in [-0.2, 0) is 0 Å². The van der Waals surface area contributed by atoms with Gasteiger partial charge in [0.05, 0.1) is 5.69 Å². The number of aromatic nitrogens is 7. The molecule has 0 aromatic carbocycles. The number of aromatic amines is 1. The molecule has 130 valence electrons. The van der Waals surface area contributed by atoms with Crippen molar-refractivity contribution in [3.8, 4) is 11.4 Å². The van der Waals surface area contributed by atoms with Crippen LogP contribution in [0.1, 0.15) is 36.0 Å². The maximum Gasteiger partial charge on any atom is 0.269 e. The quantitative estimate of drug-likeness (QED) is 0.596. The van der Waals surface area contributed by atoms with Gasteiger partial charge >= 0.3 is 0 Å². The Morgan fingerprint density at radius 1 is 1.31 bits per heavy atom. The van der Waals surface area contributed by atoms with Gasteiger partial charge in [0.2, 0.25) is 0 Å². The molecule has 0 aliphatic heterocycles. The lowest BCUT2D eigenvalue weighted by atomic mass is 10.2. The van der Waals surface area contributed by atoms with E-state index in [-0.39, 0.29) is 5.56 Å². The van der Waals surface area contributed by atoms with Gasteiger partial charge < -0.3 is 0 Å². The third kappa shape index (κ3) is 3.04. The number of hydrogen-bond donors (Lipinski definition) is 1. The van der Waals surface area contributed by atoms with Crippen LogP contribution in [0.2, 0.25) is 0 Å². The zero-order valence-corrected chi connectivity index (χ0v) is 14.9. The summed E-state index contributed by atoms with van der Waals surface area (Å²) >= 11 is 1.61. The Morgan fingerprint density at radius 3 is 2.92 bits per heavy atom. The third-order valence-corrected chi connectivity index (χ3v) is 4.71. The minimum absolute atomic E-state index is 0.231. The highest BCUT2D eigenvalue weighted by Crippen LogP contribution is 2.19. The molecule has 0 atom stereocenters. The Hall–Kier alpha value is -3.20. The lowest BCUT2D eigenvalue weighted by molar-refractivity contribution is 0.832. The van der Waals surface area contributed by atoms with E-state index in [0.29, 0.717) is 23.0 Å². The number of hydrogen-bond acceptors (Lipinski definition) is 7. The van der Waals surface area contributed by atoms with E-state index in [1.807, 2.05) is 24.3 Å². The molecule has 4 rings (SSSR count). The van der Waals surface area contributed by atoms with Crippen LogP contribution in [0, 0.1) is 0 Å². The molecule has 9 heteroatoms. The number of nitrogens with one attached hydrogen (secondary N) is 1. The summed E-state index contributed by atoms with van der Waals surface area (Å²) in [4.78, 5) is 21.5. The highest BCUT2D eigenvalue weighted by molar-refractivity contribution is 7.10. The zero-order chi connectivity index (χ0) is 18.1. The molecule has 0 saturated carbocycles. The van der Waals surface area contributed by atoms with Gasteiger partial charge in [-0.05, 0) is 40.1 Å². The van der Waals surface area contributed by atoms with Crippen LogP contribution < -0.4 is 5.56 Å². The number of rotatable bonds is 4. The molecule has 0 bridgehead atoms. The van der Waals surface area contributed by atoms with E-state index in [0.717, 1.165) is 16.3 Å². The van der Waals surface area contributed by atoms with Crippen molar-refractivity contribution in [2.45, 2.75) is 19.8 Å². The first-order valence-corrected chi connectivity index (χ1v) is 8.89. The van der Waals surface area contributed by atoms with Gasteiger partial charge in [-0.1, -0.05) is 19.9 Å². The molecule has 0 radical (unpaired) electrons. The monoisotopic (exact) mass is 365 g/mol. The van der Waals surface area contributed by atoms with Crippen molar-refractivity contribution < 1.29 is 0 Å². The summed E-state index contributed by atoms with van der Waals surface area (Å²) in [6.45, 7) is 4.25. The molecule has 4 aromatic rings. The fourth-order valence-corrected chi connectivity index (χ4v) is 3.31. The van der Waals surface area contributed by atoms with E-state index in [1.165, 1.54) is 10.6 Å². The second kappa shape index (κ2) is 6.60. The van der Waals surface area contributed by atoms with Gasteiger partial charge in [-0.25, -0.2) is 15.1 Å². The summed E-state index contributed by atoms with van der Waals surface area (Å²) < 4.78 is 1.47. The highest BCUT2D eigenvalue weighted by Gasteiger charge is 2.10. The van der Waals surface area contributed by atoms with E-state index in [4.69, 9.17) is 0 Å². The van der Waals surface area contributed by atoms with Crippen molar-refractivity contribution in [3.63, 3.8) is 0 Å². The maximum absolute atomic E-state index is 12.6. The average molecular weight is 365 g/mol. The van der Waals surface area contributed by atoms with Gasteiger partial charge in [-0.2, -0.15) is 0 Å². The SMILES string of the molecule is CC(C)c1csc(C=Cc2ccn3c(=O)c(-c4nnn[nH]4)cnc3c2)n1. The Kier molecular flexibility index (Phi) is 4.13. The molecule has 8 nitrogen and oxygen atoms in total. The van der Waals surface area contributed by atoms with Gasteiger partial charge in [0.25, 0.3) is 5.56 Å². The Bertz CT molecular complexity index is 1140. The highest BCUT2D eigenvalue weighted by atomic mass is 32.1. The van der Waals surface area contributed by atoms with E-state index in [2.05, 4.69) is 49.8 Å². The zero-order valence-electron chi connectivity index (χ0n) is 14.1. The van der Waals surface area contributed by atoms with Crippen LogP contribution in [0.5, 0.6) is 0 Å². The molecule has 0 saturated heterocycles.